The van der Waals surface area contributed by atoms with E-state index in [9.17, 15) is 43.9 Å². The highest BCUT2D eigenvalue weighted by Gasteiger charge is 2.40. The lowest BCUT2D eigenvalue weighted by Gasteiger charge is -2.35. The fourth-order valence-corrected chi connectivity index (χ4v) is 5.84. The monoisotopic (exact) mass is 511 g/mol. The van der Waals surface area contributed by atoms with Crippen LogP contribution in [-0.2, 0) is 22.2 Å². The average molecular weight is 511 g/mol. The molecule has 34 heavy (non-hydrogen) atoms. The van der Waals surface area contributed by atoms with Crippen LogP contribution in [0.25, 0.3) is 0 Å². The summed E-state index contributed by atoms with van der Waals surface area (Å²) in [7, 11) is -4.12. The molecular formula is C22H20F7NO3S. The summed E-state index contributed by atoms with van der Waals surface area (Å²) in [6.45, 7) is 0. The van der Waals surface area contributed by atoms with Crippen molar-refractivity contribution >= 4 is 15.6 Å². The number of sulfone groups is 1. The first kappa shape index (κ1) is 26.1. The number of nitrogens with zero attached hydrogens (tertiary/aromatic N) is 1. The number of benzene rings is 1. The van der Waals surface area contributed by atoms with Gasteiger partial charge >= 0.3 is 12.4 Å². The fourth-order valence-electron chi connectivity index (χ4n) is 3.84. The van der Waals surface area contributed by atoms with Gasteiger partial charge in [-0.3, -0.25) is 9.78 Å². The van der Waals surface area contributed by atoms with E-state index < -0.39 is 49.4 Å². The van der Waals surface area contributed by atoms with Crippen molar-refractivity contribution in [2.24, 2.45) is 5.92 Å². The molecule has 1 saturated carbocycles. The van der Waals surface area contributed by atoms with E-state index in [-0.39, 0.29) is 42.6 Å². The van der Waals surface area contributed by atoms with Crippen LogP contribution in [0.1, 0.15) is 60.1 Å². The van der Waals surface area contributed by atoms with Crippen LogP contribution in [0.3, 0.4) is 0 Å². The minimum Gasteiger partial charge on any atom is -0.294 e. The van der Waals surface area contributed by atoms with Gasteiger partial charge in [0, 0.05) is 18.2 Å². The summed E-state index contributed by atoms with van der Waals surface area (Å²) in [4.78, 5) is 14.6. The van der Waals surface area contributed by atoms with E-state index in [0.717, 1.165) is 18.3 Å². The van der Waals surface area contributed by atoms with Crippen LogP contribution in [0.2, 0.25) is 0 Å². The molecule has 0 N–H and O–H groups in total. The maximum Gasteiger partial charge on any atom is 0.433 e. The van der Waals surface area contributed by atoms with E-state index >= 15 is 0 Å². The van der Waals surface area contributed by atoms with Crippen LogP contribution < -0.4 is 0 Å². The number of rotatable bonds is 8. The Morgan fingerprint density at radius 2 is 1.65 bits per heavy atom. The highest BCUT2D eigenvalue weighted by atomic mass is 32.2. The minimum absolute atomic E-state index is 0.00161. The van der Waals surface area contributed by atoms with Gasteiger partial charge in [-0.2, -0.15) is 26.3 Å². The van der Waals surface area contributed by atoms with E-state index in [1.807, 2.05) is 0 Å². The molecule has 2 aromatic rings. The number of hydrogen-bond acceptors (Lipinski definition) is 4. The lowest BCUT2D eigenvalue weighted by Crippen LogP contribution is -2.36. The predicted molar refractivity (Wildman–Crippen MR) is 107 cm³/mol. The zero-order chi connectivity index (χ0) is 25.3. The van der Waals surface area contributed by atoms with Crippen LogP contribution in [0.4, 0.5) is 30.7 Å². The Kier molecular flexibility index (Phi) is 7.40. The van der Waals surface area contributed by atoms with Crippen molar-refractivity contribution < 1.29 is 43.9 Å². The summed E-state index contributed by atoms with van der Waals surface area (Å²) in [5, 5.41) is -0.903. The van der Waals surface area contributed by atoms with Gasteiger partial charge in [0.15, 0.2) is 15.6 Å². The van der Waals surface area contributed by atoms with E-state index in [1.54, 1.807) is 0 Å². The van der Waals surface area contributed by atoms with Crippen LogP contribution in [0.15, 0.2) is 41.4 Å². The van der Waals surface area contributed by atoms with Crippen LogP contribution >= 0.6 is 0 Å². The summed E-state index contributed by atoms with van der Waals surface area (Å²) in [6, 6.07) is 3.06. The van der Waals surface area contributed by atoms with Crippen LogP contribution in [-0.4, -0.2) is 24.4 Å². The van der Waals surface area contributed by atoms with Crippen molar-refractivity contribution in [3.05, 3.63) is 59.2 Å². The maximum absolute atomic E-state index is 13.6. The van der Waals surface area contributed by atoms with Gasteiger partial charge in [-0.15, -0.1) is 0 Å². The molecule has 0 amide bonds. The summed E-state index contributed by atoms with van der Waals surface area (Å²) in [5.41, 5.74) is -2.39. The zero-order valence-corrected chi connectivity index (χ0v) is 18.4. The first-order valence-corrected chi connectivity index (χ1v) is 11.9. The molecule has 0 aliphatic heterocycles. The van der Waals surface area contributed by atoms with E-state index in [2.05, 4.69) is 4.98 Å². The third kappa shape index (κ3) is 6.13. The molecular weight excluding hydrogens is 491 g/mol. The molecule has 0 saturated heterocycles. The van der Waals surface area contributed by atoms with Gasteiger partial charge in [0.05, 0.1) is 15.7 Å². The Bertz CT molecular complexity index is 1140. The number of Topliss-reactive ketones (excluding diaryl/α,β-unsaturated/α-hetero) is 1. The molecule has 1 heterocycles. The van der Waals surface area contributed by atoms with Crippen molar-refractivity contribution in [1.82, 2.24) is 4.98 Å². The fraction of sp³-hybridized carbons (Fsp3) is 0.455. The SMILES string of the molecule is O=C(CCCCC1CC(S(=O)(=O)c2cc(F)cc(C(F)(F)F)c2)C1)c1ccc(C(F)(F)F)nc1. The minimum atomic E-state index is -4.87. The Hall–Kier alpha value is -2.50. The number of aromatic nitrogens is 1. The molecule has 0 atom stereocenters. The highest BCUT2D eigenvalue weighted by molar-refractivity contribution is 7.92. The van der Waals surface area contributed by atoms with Gasteiger partial charge < -0.3 is 0 Å². The van der Waals surface area contributed by atoms with Crippen LogP contribution in [0.5, 0.6) is 0 Å². The molecule has 1 aromatic carbocycles. The van der Waals surface area contributed by atoms with Crippen molar-refractivity contribution in [1.29, 1.82) is 0 Å². The second kappa shape index (κ2) is 9.63. The zero-order valence-electron chi connectivity index (χ0n) is 17.6. The second-order valence-corrected chi connectivity index (χ2v) is 10.5. The molecule has 0 radical (unpaired) electrons. The standard InChI is InChI=1S/C22H20F7NO3S/c23-16-9-15(21(24,25)26)10-18(11-16)34(32,33)17-7-13(8-17)3-1-2-4-19(31)14-5-6-20(30-12-14)22(27,28)29/h5-6,9-13,17H,1-4,7-8H2. The molecule has 3 rings (SSSR count). The van der Waals surface area contributed by atoms with Gasteiger partial charge in [0.2, 0.25) is 0 Å². The third-order valence-corrected chi connectivity index (χ3v) is 7.96. The Balaban J connectivity index is 1.46. The van der Waals surface area contributed by atoms with Crippen molar-refractivity contribution in [2.75, 3.05) is 0 Å². The first-order chi connectivity index (χ1) is 15.7. The number of carbonyl (C=O) groups is 1. The molecule has 1 fully saturated rings. The molecule has 0 bridgehead atoms. The number of unbranched alkanes of at least 4 members (excludes halogenated alkanes) is 1. The van der Waals surface area contributed by atoms with Crippen molar-refractivity contribution in [3.8, 4) is 0 Å². The van der Waals surface area contributed by atoms with Crippen molar-refractivity contribution in [2.45, 2.75) is 61.0 Å². The number of pyridine rings is 1. The van der Waals surface area contributed by atoms with E-state index in [4.69, 9.17) is 0 Å². The second-order valence-electron chi connectivity index (χ2n) is 8.28. The summed E-state index contributed by atoms with van der Waals surface area (Å²) in [5.74, 6) is -1.64. The van der Waals surface area contributed by atoms with Gasteiger partial charge in [-0.1, -0.05) is 12.8 Å². The van der Waals surface area contributed by atoms with Gasteiger partial charge in [0.1, 0.15) is 11.5 Å². The number of hydrogen-bond donors (Lipinski definition) is 0. The smallest absolute Gasteiger partial charge is 0.294 e. The third-order valence-electron chi connectivity index (χ3n) is 5.80. The first-order valence-electron chi connectivity index (χ1n) is 10.4. The van der Waals surface area contributed by atoms with E-state index in [1.165, 1.54) is 0 Å². The van der Waals surface area contributed by atoms with Gasteiger partial charge in [-0.05, 0) is 55.5 Å². The molecule has 0 unspecified atom stereocenters. The molecule has 1 aromatic heterocycles. The molecule has 0 spiro atoms. The Morgan fingerprint density at radius 1 is 0.971 bits per heavy atom. The lowest BCUT2D eigenvalue weighted by atomic mass is 9.81. The van der Waals surface area contributed by atoms with E-state index in [0.29, 0.717) is 31.4 Å². The number of alkyl halides is 6. The molecule has 1 aliphatic rings. The summed E-state index contributed by atoms with van der Waals surface area (Å²) in [6.07, 6.45) is -6.47. The Morgan fingerprint density at radius 3 is 2.21 bits per heavy atom. The predicted octanol–water partition coefficient (Wildman–Crippen LogP) is 6.25. The maximum atomic E-state index is 13.6. The summed E-state index contributed by atoms with van der Waals surface area (Å²) >= 11 is 0. The van der Waals surface area contributed by atoms with Crippen LogP contribution in [0, 0.1) is 11.7 Å². The highest BCUT2D eigenvalue weighted by Crippen LogP contribution is 2.40. The Labute approximate surface area is 191 Å². The molecule has 186 valence electrons. The normalized spacial score (nSPS) is 19.0. The quantitative estimate of drug-likeness (QED) is 0.239. The average Bonchev–Trinajstić information content (AvgIpc) is 2.70. The lowest BCUT2D eigenvalue weighted by molar-refractivity contribution is -0.141. The van der Waals surface area contributed by atoms with Crippen molar-refractivity contribution in [3.63, 3.8) is 0 Å². The van der Waals surface area contributed by atoms with Gasteiger partial charge in [-0.25, -0.2) is 12.8 Å². The number of halogens is 7. The largest absolute Gasteiger partial charge is 0.433 e. The number of carbonyl (C=O) groups excluding carboxylic acids is 1. The van der Waals surface area contributed by atoms with Gasteiger partial charge in [0.25, 0.3) is 0 Å². The molecule has 4 nitrogen and oxygen atoms in total. The molecule has 12 heteroatoms. The topological polar surface area (TPSA) is 64.1 Å². The summed E-state index contributed by atoms with van der Waals surface area (Å²) < 4.78 is 115. The molecule has 1 aliphatic carbocycles. The number of ketones is 1.